The normalized spacial score (nSPS) is 12.6. The van der Waals surface area contributed by atoms with E-state index in [1.165, 1.54) is 5.56 Å². The summed E-state index contributed by atoms with van der Waals surface area (Å²) in [7, 11) is 3.72. The van der Waals surface area contributed by atoms with Crippen LogP contribution in [0.5, 0.6) is 5.75 Å². The van der Waals surface area contributed by atoms with Gasteiger partial charge in [-0.1, -0.05) is 12.1 Å². The smallest absolute Gasteiger partial charge is 0.191 e. The minimum Gasteiger partial charge on any atom is -0.490 e. The van der Waals surface area contributed by atoms with Crippen molar-refractivity contribution in [1.29, 1.82) is 0 Å². The van der Waals surface area contributed by atoms with E-state index in [-0.39, 0.29) is 30.0 Å². The van der Waals surface area contributed by atoms with Gasteiger partial charge in [-0.2, -0.15) is 5.10 Å². The molecule has 1 unspecified atom stereocenters. The number of guanidine groups is 1. The Morgan fingerprint density at radius 1 is 1.34 bits per heavy atom. The van der Waals surface area contributed by atoms with Gasteiger partial charge in [-0.25, -0.2) is 0 Å². The predicted molar refractivity (Wildman–Crippen MR) is 127 cm³/mol. The number of nitrogens with zero attached hydrogens (tertiary/aromatic N) is 3. The maximum absolute atomic E-state index is 6.08. The Morgan fingerprint density at radius 3 is 2.72 bits per heavy atom. The van der Waals surface area contributed by atoms with Crippen LogP contribution < -0.4 is 15.4 Å². The maximum Gasteiger partial charge on any atom is 0.191 e. The second-order valence-electron chi connectivity index (χ2n) is 6.82. The third-order valence-electron chi connectivity index (χ3n) is 4.92. The van der Waals surface area contributed by atoms with Gasteiger partial charge in [-0.3, -0.25) is 9.67 Å². The first-order chi connectivity index (χ1) is 13.4. The van der Waals surface area contributed by atoms with Crippen LogP contribution in [0.2, 0.25) is 0 Å². The Hall–Kier alpha value is -2.23. The highest BCUT2D eigenvalue weighted by Gasteiger charge is 2.16. The average molecular weight is 511 g/mol. The van der Waals surface area contributed by atoms with Gasteiger partial charge in [0.2, 0.25) is 0 Å². The fourth-order valence-corrected chi connectivity index (χ4v) is 3.26. The first kappa shape index (κ1) is 23.1. The molecule has 1 aromatic carbocycles. The van der Waals surface area contributed by atoms with Crippen molar-refractivity contribution in [3.63, 3.8) is 0 Å². The molecule has 0 bridgehead atoms. The number of furan rings is 1. The van der Waals surface area contributed by atoms with Crippen molar-refractivity contribution in [3.05, 3.63) is 47.0 Å². The summed E-state index contributed by atoms with van der Waals surface area (Å²) in [6.07, 6.45) is 0. The van der Waals surface area contributed by atoms with Gasteiger partial charge in [0.15, 0.2) is 17.3 Å². The van der Waals surface area contributed by atoms with Gasteiger partial charge in [-0.05, 0) is 39.8 Å². The Kier molecular flexibility index (Phi) is 7.95. The SMILES string of the molecule is CCOc1cccc2cc(C(C)NC(=NC)NCc3c(C)nn(C)c3C)oc12.I. The van der Waals surface area contributed by atoms with Gasteiger partial charge >= 0.3 is 0 Å². The highest BCUT2D eigenvalue weighted by molar-refractivity contribution is 14.0. The predicted octanol–water partition coefficient (Wildman–Crippen LogP) is 4.23. The molecule has 8 heteroatoms. The van der Waals surface area contributed by atoms with Crippen LogP contribution in [0.4, 0.5) is 0 Å². The molecule has 0 amide bonds. The number of nitrogens with one attached hydrogen (secondary N) is 2. The summed E-state index contributed by atoms with van der Waals surface area (Å²) in [6.45, 7) is 9.37. The second-order valence-corrected chi connectivity index (χ2v) is 6.82. The van der Waals surface area contributed by atoms with E-state index in [1.54, 1.807) is 7.05 Å². The van der Waals surface area contributed by atoms with Gasteiger partial charge in [0.25, 0.3) is 0 Å². The van der Waals surface area contributed by atoms with Crippen LogP contribution in [0.1, 0.15) is 42.6 Å². The number of hydrogen-bond donors (Lipinski definition) is 2. The van der Waals surface area contributed by atoms with E-state index in [1.807, 2.05) is 56.8 Å². The van der Waals surface area contributed by atoms with Gasteiger partial charge in [0.05, 0.1) is 18.3 Å². The highest BCUT2D eigenvalue weighted by Crippen LogP contribution is 2.31. The zero-order valence-corrected chi connectivity index (χ0v) is 20.2. The minimum absolute atomic E-state index is 0. The van der Waals surface area contributed by atoms with E-state index in [0.717, 1.165) is 33.9 Å². The van der Waals surface area contributed by atoms with E-state index in [0.29, 0.717) is 19.1 Å². The number of hydrogen-bond acceptors (Lipinski definition) is 4. The molecule has 2 aromatic heterocycles. The number of aromatic nitrogens is 2. The third-order valence-corrected chi connectivity index (χ3v) is 4.92. The number of fused-ring (bicyclic) bond motifs is 1. The summed E-state index contributed by atoms with van der Waals surface area (Å²) in [6, 6.07) is 7.92. The van der Waals surface area contributed by atoms with E-state index in [2.05, 4.69) is 27.6 Å². The Morgan fingerprint density at radius 2 is 2.10 bits per heavy atom. The Balaban J connectivity index is 0.00000300. The van der Waals surface area contributed by atoms with E-state index >= 15 is 0 Å². The van der Waals surface area contributed by atoms with Crippen LogP contribution in [-0.4, -0.2) is 29.4 Å². The molecule has 0 fully saturated rings. The summed E-state index contributed by atoms with van der Waals surface area (Å²) in [5.41, 5.74) is 4.13. The lowest BCUT2D eigenvalue weighted by molar-refractivity contribution is 0.336. The van der Waals surface area contributed by atoms with Crippen molar-refractivity contribution in [3.8, 4) is 5.75 Å². The number of rotatable bonds is 6. The summed E-state index contributed by atoms with van der Waals surface area (Å²) >= 11 is 0. The van der Waals surface area contributed by atoms with Gasteiger partial charge < -0.3 is 19.8 Å². The molecule has 3 rings (SSSR count). The molecule has 0 aliphatic carbocycles. The number of aryl methyl sites for hydroxylation is 2. The molecule has 7 nitrogen and oxygen atoms in total. The number of benzene rings is 1. The summed E-state index contributed by atoms with van der Waals surface area (Å²) in [5.74, 6) is 2.31. The second kappa shape index (κ2) is 10.00. The van der Waals surface area contributed by atoms with Crippen LogP contribution in [0, 0.1) is 13.8 Å². The molecule has 0 aliphatic rings. The first-order valence-electron chi connectivity index (χ1n) is 9.56. The Labute approximate surface area is 188 Å². The first-order valence-corrected chi connectivity index (χ1v) is 9.56. The molecule has 158 valence electrons. The van der Waals surface area contributed by atoms with Crippen molar-refractivity contribution >= 4 is 40.9 Å². The molecule has 1 atom stereocenters. The van der Waals surface area contributed by atoms with Crippen LogP contribution in [-0.2, 0) is 13.6 Å². The van der Waals surface area contributed by atoms with Crippen molar-refractivity contribution < 1.29 is 9.15 Å². The number of para-hydroxylation sites is 1. The van der Waals surface area contributed by atoms with Gasteiger partial charge in [0.1, 0.15) is 5.76 Å². The molecular weight excluding hydrogens is 481 g/mol. The van der Waals surface area contributed by atoms with Crippen molar-refractivity contribution in [1.82, 2.24) is 20.4 Å². The number of halogens is 1. The van der Waals surface area contributed by atoms with Crippen molar-refractivity contribution in [2.24, 2.45) is 12.0 Å². The van der Waals surface area contributed by atoms with Crippen molar-refractivity contribution in [2.75, 3.05) is 13.7 Å². The molecule has 3 aromatic rings. The number of ether oxygens (including phenoxy) is 1. The van der Waals surface area contributed by atoms with Crippen LogP contribution in [0.25, 0.3) is 11.0 Å². The minimum atomic E-state index is -0.0517. The Bertz CT molecular complexity index is 993. The van der Waals surface area contributed by atoms with Crippen LogP contribution >= 0.6 is 24.0 Å². The number of aliphatic imine (C=N–C) groups is 1. The van der Waals surface area contributed by atoms with E-state index in [9.17, 15) is 0 Å². The molecule has 2 heterocycles. The zero-order chi connectivity index (χ0) is 20.3. The molecular formula is C21H30IN5O2. The molecule has 0 saturated heterocycles. The maximum atomic E-state index is 6.08. The summed E-state index contributed by atoms with van der Waals surface area (Å²) in [5, 5.41) is 12.2. The van der Waals surface area contributed by atoms with Crippen molar-refractivity contribution in [2.45, 2.75) is 40.3 Å². The van der Waals surface area contributed by atoms with Crippen LogP contribution in [0.15, 0.2) is 33.7 Å². The zero-order valence-electron chi connectivity index (χ0n) is 17.9. The van der Waals surface area contributed by atoms with E-state index in [4.69, 9.17) is 9.15 Å². The lowest BCUT2D eigenvalue weighted by Crippen LogP contribution is -2.38. The third kappa shape index (κ3) is 5.04. The lowest BCUT2D eigenvalue weighted by atomic mass is 10.2. The monoisotopic (exact) mass is 511 g/mol. The van der Waals surface area contributed by atoms with Gasteiger partial charge in [0, 0.05) is 37.3 Å². The molecule has 0 radical (unpaired) electrons. The lowest BCUT2D eigenvalue weighted by Gasteiger charge is -2.16. The standard InChI is InChI=1S/C21H29N5O2.HI/c1-7-27-18-10-8-9-16-11-19(28-20(16)18)14(3)24-21(22-5)23-12-17-13(2)25-26(6)15(17)4;/h8-11,14H,7,12H2,1-6H3,(H2,22,23,24);1H. The molecule has 0 saturated carbocycles. The summed E-state index contributed by atoms with van der Waals surface area (Å²) in [4.78, 5) is 4.34. The van der Waals surface area contributed by atoms with Crippen LogP contribution in [0.3, 0.4) is 0 Å². The molecule has 0 spiro atoms. The highest BCUT2D eigenvalue weighted by atomic mass is 127. The largest absolute Gasteiger partial charge is 0.490 e. The molecule has 2 N–H and O–H groups in total. The topological polar surface area (TPSA) is 76.6 Å². The average Bonchev–Trinajstić information content (AvgIpc) is 3.21. The molecule has 0 aliphatic heterocycles. The fraction of sp³-hybridized carbons (Fsp3) is 0.429. The fourth-order valence-electron chi connectivity index (χ4n) is 3.26. The quantitative estimate of drug-likeness (QED) is 0.295. The van der Waals surface area contributed by atoms with Gasteiger partial charge in [-0.15, -0.1) is 24.0 Å². The summed E-state index contributed by atoms with van der Waals surface area (Å²) < 4.78 is 13.6. The van der Waals surface area contributed by atoms with E-state index < -0.39 is 0 Å². The molecule has 29 heavy (non-hydrogen) atoms.